The summed E-state index contributed by atoms with van der Waals surface area (Å²) in [5, 5.41) is 23.7. The molecular weight excluding hydrogens is 186 g/mol. The van der Waals surface area contributed by atoms with Crippen LogP contribution in [0.4, 0.5) is 0 Å². The number of hydrogen-bond acceptors (Lipinski definition) is 3. The quantitative estimate of drug-likeness (QED) is 0.697. The van der Waals surface area contributed by atoms with Crippen molar-refractivity contribution in [2.45, 2.75) is 32.1 Å². The van der Waals surface area contributed by atoms with Crippen molar-refractivity contribution < 1.29 is 19.8 Å². The van der Waals surface area contributed by atoms with E-state index in [2.05, 4.69) is 0 Å². The van der Waals surface area contributed by atoms with Crippen molar-refractivity contribution in [2.24, 2.45) is 5.92 Å². The minimum atomic E-state index is -1.07. The zero-order chi connectivity index (χ0) is 11.0. The van der Waals surface area contributed by atoms with E-state index in [1.54, 1.807) is 0 Å². The summed E-state index contributed by atoms with van der Waals surface area (Å²) in [4.78, 5) is 19.6. The van der Waals surface area contributed by atoms with Crippen LogP contribution >= 0.6 is 0 Å². The van der Waals surface area contributed by atoms with Gasteiger partial charge in [0.2, 0.25) is 0 Å². The first kappa shape index (κ1) is 12.4. The fourth-order valence-corrected chi connectivity index (χ4v) is 1.24. The summed E-state index contributed by atoms with van der Waals surface area (Å²) >= 11 is 0. The molecule has 0 amide bonds. The van der Waals surface area contributed by atoms with Gasteiger partial charge in [0.1, 0.15) is 6.42 Å². The van der Waals surface area contributed by atoms with Crippen LogP contribution < -0.4 is 0 Å². The largest absolute Gasteiger partial charge is 0.481 e. The van der Waals surface area contributed by atoms with Crippen LogP contribution in [-0.2, 0) is 9.59 Å². The summed E-state index contributed by atoms with van der Waals surface area (Å²) in [7, 11) is 0. The van der Waals surface area contributed by atoms with Crippen LogP contribution in [0.2, 0.25) is 0 Å². The Morgan fingerprint density at radius 1 is 1.29 bits per heavy atom. The lowest BCUT2D eigenvalue weighted by atomic mass is 10.1. The van der Waals surface area contributed by atoms with Crippen molar-refractivity contribution >= 4 is 11.9 Å². The van der Waals surface area contributed by atoms with E-state index in [9.17, 15) is 9.59 Å². The molecule has 0 heterocycles. The maximum Gasteiger partial charge on any atom is 0.317 e. The molecule has 0 radical (unpaired) electrons. The third kappa shape index (κ3) is 6.00. The molecule has 1 saturated carbocycles. The SMILES string of the molecule is N#CCC(=O)O.O=C(O)C1CCCC1. The van der Waals surface area contributed by atoms with Gasteiger partial charge in [-0.2, -0.15) is 5.26 Å². The smallest absolute Gasteiger partial charge is 0.317 e. The topological polar surface area (TPSA) is 98.4 Å². The molecule has 0 saturated heterocycles. The third-order valence-electron chi connectivity index (χ3n) is 1.93. The van der Waals surface area contributed by atoms with Gasteiger partial charge in [0.15, 0.2) is 0 Å². The summed E-state index contributed by atoms with van der Waals surface area (Å²) in [5.74, 6) is -1.70. The predicted octanol–water partition coefficient (Wildman–Crippen LogP) is 1.25. The Hall–Kier alpha value is -1.57. The highest BCUT2D eigenvalue weighted by molar-refractivity contribution is 5.70. The Morgan fingerprint density at radius 3 is 1.93 bits per heavy atom. The number of nitriles is 1. The second-order valence-electron chi connectivity index (χ2n) is 3.05. The molecule has 0 unspecified atom stereocenters. The molecule has 0 bridgehead atoms. The van der Waals surface area contributed by atoms with Crippen LogP contribution in [0.1, 0.15) is 32.1 Å². The van der Waals surface area contributed by atoms with Crippen molar-refractivity contribution in [3.05, 3.63) is 0 Å². The third-order valence-corrected chi connectivity index (χ3v) is 1.93. The van der Waals surface area contributed by atoms with E-state index in [1.807, 2.05) is 0 Å². The summed E-state index contributed by atoms with van der Waals surface area (Å²) in [6.45, 7) is 0. The molecule has 78 valence electrons. The molecule has 2 N–H and O–H groups in total. The molecule has 1 aliphatic rings. The first-order chi connectivity index (χ1) is 6.57. The molecule has 0 atom stereocenters. The number of carbonyl (C=O) groups is 2. The van der Waals surface area contributed by atoms with Gasteiger partial charge in [0, 0.05) is 0 Å². The zero-order valence-corrected chi connectivity index (χ0v) is 7.77. The van der Waals surface area contributed by atoms with E-state index in [1.165, 1.54) is 6.07 Å². The van der Waals surface area contributed by atoms with Crippen LogP contribution in [0.25, 0.3) is 0 Å². The molecule has 14 heavy (non-hydrogen) atoms. The molecule has 0 aromatic carbocycles. The number of carboxylic acid groups (broad SMARTS) is 2. The van der Waals surface area contributed by atoms with Crippen LogP contribution in [0, 0.1) is 17.2 Å². The van der Waals surface area contributed by atoms with Gasteiger partial charge in [-0.15, -0.1) is 0 Å². The minimum absolute atomic E-state index is 0.0185. The van der Waals surface area contributed by atoms with Gasteiger partial charge in [0.05, 0.1) is 12.0 Å². The fourth-order valence-electron chi connectivity index (χ4n) is 1.24. The molecular formula is C9H13NO4. The normalized spacial score (nSPS) is 15.1. The standard InChI is InChI=1S/C6H10O2.C3H3NO2/c7-6(8)5-3-1-2-4-5;4-2-1-3(5)6/h5H,1-4H2,(H,7,8);1H2,(H,5,6). The Labute approximate surface area is 82.0 Å². The summed E-state index contributed by atoms with van der Waals surface area (Å²) in [6.07, 6.45) is 3.61. The first-order valence-electron chi connectivity index (χ1n) is 4.39. The van der Waals surface area contributed by atoms with Gasteiger partial charge in [-0.1, -0.05) is 12.8 Å². The Balaban J connectivity index is 0.000000255. The average Bonchev–Trinajstić information content (AvgIpc) is 2.56. The van der Waals surface area contributed by atoms with Gasteiger partial charge in [0.25, 0.3) is 0 Å². The number of rotatable bonds is 2. The number of hydrogen-bond donors (Lipinski definition) is 2. The van der Waals surface area contributed by atoms with Crippen molar-refractivity contribution in [1.29, 1.82) is 5.26 Å². The van der Waals surface area contributed by atoms with Crippen LogP contribution in [0.15, 0.2) is 0 Å². The van der Waals surface area contributed by atoms with E-state index in [0.717, 1.165) is 25.7 Å². The van der Waals surface area contributed by atoms with Crippen molar-refractivity contribution in [1.82, 2.24) is 0 Å². The van der Waals surface area contributed by atoms with E-state index < -0.39 is 18.4 Å². The molecule has 0 aromatic heterocycles. The van der Waals surface area contributed by atoms with E-state index in [-0.39, 0.29) is 5.92 Å². The van der Waals surface area contributed by atoms with Crippen molar-refractivity contribution in [3.63, 3.8) is 0 Å². The van der Waals surface area contributed by atoms with Crippen LogP contribution in [0.5, 0.6) is 0 Å². The van der Waals surface area contributed by atoms with Crippen molar-refractivity contribution in [3.8, 4) is 6.07 Å². The van der Waals surface area contributed by atoms with Gasteiger partial charge in [-0.05, 0) is 12.8 Å². The van der Waals surface area contributed by atoms with E-state index >= 15 is 0 Å². The van der Waals surface area contributed by atoms with E-state index in [4.69, 9.17) is 15.5 Å². The van der Waals surface area contributed by atoms with Gasteiger partial charge in [-0.25, -0.2) is 0 Å². The molecule has 0 aromatic rings. The van der Waals surface area contributed by atoms with Gasteiger partial charge >= 0.3 is 11.9 Å². The molecule has 1 fully saturated rings. The lowest BCUT2D eigenvalue weighted by Crippen LogP contribution is -2.07. The highest BCUT2D eigenvalue weighted by Crippen LogP contribution is 2.24. The average molecular weight is 199 g/mol. The Morgan fingerprint density at radius 2 is 1.79 bits per heavy atom. The van der Waals surface area contributed by atoms with Crippen molar-refractivity contribution in [2.75, 3.05) is 0 Å². The van der Waals surface area contributed by atoms with Gasteiger partial charge in [-0.3, -0.25) is 9.59 Å². The molecule has 1 aliphatic carbocycles. The second kappa shape index (κ2) is 6.89. The highest BCUT2D eigenvalue weighted by Gasteiger charge is 2.20. The minimum Gasteiger partial charge on any atom is -0.481 e. The predicted molar refractivity (Wildman–Crippen MR) is 47.5 cm³/mol. The van der Waals surface area contributed by atoms with Gasteiger partial charge < -0.3 is 10.2 Å². The molecule has 5 heteroatoms. The fraction of sp³-hybridized carbons (Fsp3) is 0.667. The Kier molecular flexibility index (Phi) is 6.12. The molecule has 0 spiro atoms. The number of carboxylic acids is 2. The monoisotopic (exact) mass is 199 g/mol. The van der Waals surface area contributed by atoms with Crippen LogP contribution in [-0.4, -0.2) is 22.2 Å². The summed E-state index contributed by atoms with van der Waals surface area (Å²) in [6, 6.07) is 1.47. The second-order valence-corrected chi connectivity index (χ2v) is 3.05. The number of nitrogens with zero attached hydrogens (tertiary/aromatic N) is 1. The lowest BCUT2D eigenvalue weighted by molar-refractivity contribution is -0.141. The first-order valence-corrected chi connectivity index (χ1v) is 4.39. The van der Waals surface area contributed by atoms with E-state index in [0.29, 0.717) is 0 Å². The summed E-state index contributed by atoms with van der Waals surface area (Å²) < 4.78 is 0. The zero-order valence-electron chi connectivity index (χ0n) is 7.77. The Bertz CT molecular complexity index is 238. The molecule has 1 rings (SSSR count). The highest BCUT2D eigenvalue weighted by atomic mass is 16.4. The maximum absolute atomic E-state index is 10.2. The maximum atomic E-state index is 10.2. The molecule has 5 nitrogen and oxygen atoms in total. The molecule has 0 aliphatic heterocycles. The lowest BCUT2D eigenvalue weighted by Gasteiger charge is -1.97. The van der Waals surface area contributed by atoms with Crippen LogP contribution in [0.3, 0.4) is 0 Å². The summed E-state index contributed by atoms with van der Waals surface area (Å²) in [5.41, 5.74) is 0. The number of aliphatic carboxylic acids is 2.